The van der Waals surface area contributed by atoms with E-state index in [0.29, 0.717) is 6.42 Å². The third-order valence-electron chi connectivity index (χ3n) is 1.39. The van der Waals surface area contributed by atoms with Crippen molar-refractivity contribution in [3.05, 3.63) is 36.2 Å². The van der Waals surface area contributed by atoms with Gasteiger partial charge in [-0.1, -0.05) is 12.2 Å². The first-order chi connectivity index (χ1) is 5.43. The van der Waals surface area contributed by atoms with Crippen LogP contribution in [0.25, 0.3) is 0 Å². The van der Waals surface area contributed by atoms with Crippen molar-refractivity contribution in [2.45, 2.75) is 12.8 Å². The van der Waals surface area contributed by atoms with Crippen LogP contribution in [0.5, 0.6) is 0 Å². The molecule has 1 aliphatic rings. The number of hydrogen-bond acceptors (Lipinski definition) is 2. The van der Waals surface area contributed by atoms with E-state index in [4.69, 9.17) is 5.26 Å². The van der Waals surface area contributed by atoms with Crippen molar-refractivity contribution in [2.24, 2.45) is 0 Å². The molecule has 0 saturated carbocycles. The Kier molecular flexibility index (Phi) is 3.01. The van der Waals surface area contributed by atoms with Crippen LogP contribution in [-0.4, -0.2) is 0 Å². The fourth-order valence-electron chi connectivity index (χ4n) is 0.841. The summed E-state index contributed by atoms with van der Waals surface area (Å²) in [6.07, 6.45) is 11.1. The number of hydrogen-bond donors (Lipinski definition) is 1. The van der Waals surface area contributed by atoms with Gasteiger partial charge >= 0.3 is 0 Å². The second kappa shape index (κ2) is 4.35. The predicted molar refractivity (Wildman–Crippen MR) is 44.3 cm³/mol. The Morgan fingerprint density at radius 3 is 3.09 bits per heavy atom. The number of nitriles is 1. The first kappa shape index (κ1) is 7.62. The van der Waals surface area contributed by atoms with Gasteiger partial charge in [0, 0.05) is 24.7 Å². The molecule has 1 heterocycles. The Bertz CT molecular complexity index is 241. The Morgan fingerprint density at radius 2 is 2.27 bits per heavy atom. The van der Waals surface area contributed by atoms with Crippen LogP contribution in [0.2, 0.25) is 0 Å². The molecular weight excluding hydrogens is 136 g/mol. The zero-order valence-electron chi connectivity index (χ0n) is 6.25. The minimum atomic E-state index is 0.570. The van der Waals surface area contributed by atoms with Crippen molar-refractivity contribution in [1.82, 2.24) is 5.32 Å². The molecule has 56 valence electrons. The summed E-state index contributed by atoms with van der Waals surface area (Å²) >= 11 is 0. The molecule has 0 radical (unpaired) electrons. The van der Waals surface area contributed by atoms with Gasteiger partial charge in [-0.15, -0.1) is 0 Å². The van der Waals surface area contributed by atoms with Crippen molar-refractivity contribution in [3.63, 3.8) is 0 Å². The monoisotopic (exact) mass is 146 g/mol. The predicted octanol–water partition coefficient (Wildman–Crippen LogP) is 1.85. The Hall–Kier alpha value is -1.49. The van der Waals surface area contributed by atoms with Crippen LogP contribution >= 0.6 is 0 Å². The molecule has 0 aromatic rings. The van der Waals surface area contributed by atoms with Gasteiger partial charge in [0.2, 0.25) is 0 Å². The summed E-state index contributed by atoms with van der Waals surface area (Å²) in [5.41, 5.74) is 1.09. The van der Waals surface area contributed by atoms with Gasteiger partial charge < -0.3 is 5.32 Å². The summed E-state index contributed by atoms with van der Waals surface area (Å²) in [6, 6.07) is 2.11. The number of allylic oxidation sites excluding steroid dienone is 5. The van der Waals surface area contributed by atoms with E-state index in [1.807, 2.05) is 30.5 Å². The number of nitrogens with zero attached hydrogens (tertiary/aromatic N) is 1. The SMILES string of the molecule is N#CCCC1=CC=CC=CN1. The molecule has 0 bridgehead atoms. The van der Waals surface area contributed by atoms with E-state index < -0.39 is 0 Å². The summed E-state index contributed by atoms with van der Waals surface area (Å²) in [5, 5.41) is 11.4. The molecule has 0 aromatic heterocycles. The van der Waals surface area contributed by atoms with Crippen LogP contribution in [0.3, 0.4) is 0 Å². The molecule has 2 nitrogen and oxygen atoms in total. The number of nitrogens with one attached hydrogen (secondary N) is 1. The average Bonchev–Trinajstić information content (AvgIpc) is 2.28. The van der Waals surface area contributed by atoms with Gasteiger partial charge in [-0.2, -0.15) is 5.26 Å². The lowest BCUT2D eigenvalue weighted by Crippen LogP contribution is -2.02. The molecule has 0 atom stereocenters. The highest BCUT2D eigenvalue weighted by atomic mass is 14.8. The first-order valence-corrected chi connectivity index (χ1v) is 3.59. The van der Waals surface area contributed by atoms with Crippen molar-refractivity contribution < 1.29 is 0 Å². The molecule has 0 aromatic carbocycles. The lowest BCUT2D eigenvalue weighted by molar-refractivity contribution is 0.891. The average molecular weight is 146 g/mol. The fraction of sp³-hybridized carbons (Fsp3) is 0.222. The molecule has 0 aliphatic carbocycles. The van der Waals surface area contributed by atoms with Gasteiger partial charge in [-0.05, 0) is 12.2 Å². The Morgan fingerprint density at radius 1 is 1.36 bits per heavy atom. The summed E-state index contributed by atoms with van der Waals surface area (Å²) in [7, 11) is 0. The van der Waals surface area contributed by atoms with Gasteiger partial charge in [-0.3, -0.25) is 0 Å². The van der Waals surface area contributed by atoms with Crippen LogP contribution in [-0.2, 0) is 0 Å². The van der Waals surface area contributed by atoms with Gasteiger partial charge in [0.1, 0.15) is 0 Å². The van der Waals surface area contributed by atoms with Crippen LogP contribution in [0, 0.1) is 11.3 Å². The van der Waals surface area contributed by atoms with Crippen molar-refractivity contribution >= 4 is 0 Å². The topological polar surface area (TPSA) is 35.8 Å². The third kappa shape index (κ3) is 2.72. The van der Waals surface area contributed by atoms with Crippen LogP contribution in [0.15, 0.2) is 36.2 Å². The lowest BCUT2D eigenvalue weighted by atomic mass is 10.2. The van der Waals surface area contributed by atoms with Crippen molar-refractivity contribution in [1.29, 1.82) is 5.26 Å². The van der Waals surface area contributed by atoms with Crippen LogP contribution in [0.4, 0.5) is 0 Å². The van der Waals surface area contributed by atoms with E-state index in [9.17, 15) is 0 Å². The summed E-state index contributed by atoms with van der Waals surface area (Å²) in [5.74, 6) is 0. The highest BCUT2D eigenvalue weighted by molar-refractivity contribution is 5.21. The molecule has 1 N–H and O–H groups in total. The van der Waals surface area contributed by atoms with E-state index in [1.165, 1.54) is 0 Å². The molecule has 11 heavy (non-hydrogen) atoms. The molecular formula is C9H10N2. The zero-order chi connectivity index (χ0) is 7.94. The largest absolute Gasteiger partial charge is 0.365 e. The summed E-state index contributed by atoms with van der Waals surface area (Å²) in [6.45, 7) is 0. The summed E-state index contributed by atoms with van der Waals surface area (Å²) < 4.78 is 0. The molecule has 1 rings (SSSR count). The molecule has 0 spiro atoms. The smallest absolute Gasteiger partial charge is 0.0625 e. The second-order valence-corrected chi connectivity index (χ2v) is 2.24. The third-order valence-corrected chi connectivity index (χ3v) is 1.39. The molecule has 0 fully saturated rings. The van der Waals surface area contributed by atoms with E-state index >= 15 is 0 Å². The molecule has 2 heteroatoms. The minimum absolute atomic E-state index is 0.570. The molecule has 0 saturated heterocycles. The Labute approximate surface area is 66.5 Å². The van der Waals surface area contributed by atoms with E-state index in [1.54, 1.807) is 0 Å². The van der Waals surface area contributed by atoms with Gasteiger partial charge in [0.15, 0.2) is 0 Å². The lowest BCUT2D eigenvalue weighted by Gasteiger charge is -2.01. The Balaban J connectivity index is 2.46. The molecule has 1 aliphatic heterocycles. The van der Waals surface area contributed by atoms with E-state index in [2.05, 4.69) is 11.4 Å². The zero-order valence-corrected chi connectivity index (χ0v) is 6.25. The maximum Gasteiger partial charge on any atom is 0.0625 e. The van der Waals surface area contributed by atoms with E-state index in [-0.39, 0.29) is 0 Å². The minimum Gasteiger partial charge on any atom is -0.365 e. The maximum absolute atomic E-state index is 8.33. The maximum atomic E-state index is 8.33. The van der Waals surface area contributed by atoms with Gasteiger partial charge in [-0.25, -0.2) is 0 Å². The van der Waals surface area contributed by atoms with Gasteiger partial charge in [0.25, 0.3) is 0 Å². The normalized spacial score (nSPS) is 14.6. The van der Waals surface area contributed by atoms with Crippen LogP contribution < -0.4 is 5.32 Å². The molecule has 0 amide bonds. The van der Waals surface area contributed by atoms with Crippen molar-refractivity contribution in [3.8, 4) is 6.07 Å². The highest BCUT2D eigenvalue weighted by Crippen LogP contribution is 2.02. The molecule has 0 unspecified atom stereocenters. The van der Waals surface area contributed by atoms with Crippen molar-refractivity contribution in [2.75, 3.05) is 0 Å². The van der Waals surface area contributed by atoms with E-state index in [0.717, 1.165) is 12.1 Å². The van der Waals surface area contributed by atoms with Crippen LogP contribution in [0.1, 0.15) is 12.8 Å². The van der Waals surface area contributed by atoms with Gasteiger partial charge in [0.05, 0.1) is 6.07 Å². The summed E-state index contributed by atoms with van der Waals surface area (Å²) in [4.78, 5) is 0. The standard InChI is InChI=1S/C9H10N2/c10-7-4-6-9-5-2-1-3-8-11-9/h1-3,5,8,11H,4,6H2. The first-order valence-electron chi connectivity index (χ1n) is 3.59. The second-order valence-electron chi connectivity index (χ2n) is 2.24. The fourth-order valence-corrected chi connectivity index (χ4v) is 0.841. The quantitative estimate of drug-likeness (QED) is 0.645. The highest BCUT2D eigenvalue weighted by Gasteiger charge is 1.92. The number of rotatable bonds is 2.